The molecular weight excluding hydrogens is 364 g/mol. The van der Waals surface area contributed by atoms with Crippen LogP contribution in [0.2, 0.25) is 0 Å². The molecule has 0 saturated heterocycles. The molecule has 0 aliphatic rings. The van der Waals surface area contributed by atoms with E-state index in [1.54, 1.807) is 29.2 Å². The summed E-state index contributed by atoms with van der Waals surface area (Å²) in [7, 11) is 0. The van der Waals surface area contributed by atoms with E-state index in [2.05, 4.69) is 15.2 Å². The van der Waals surface area contributed by atoms with E-state index in [9.17, 15) is 4.79 Å². The minimum absolute atomic E-state index is 0.150. The van der Waals surface area contributed by atoms with Crippen molar-refractivity contribution in [2.24, 2.45) is 0 Å². The van der Waals surface area contributed by atoms with Gasteiger partial charge in [0.1, 0.15) is 0 Å². The highest BCUT2D eigenvalue weighted by atomic mass is 16.1. The van der Waals surface area contributed by atoms with Gasteiger partial charge in [0.25, 0.3) is 5.56 Å². The van der Waals surface area contributed by atoms with Crippen LogP contribution in [0.15, 0.2) is 96.2 Å². The summed E-state index contributed by atoms with van der Waals surface area (Å²) in [5.41, 5.74) is 2.82. The van der Waals surface area contributed by atoms with Gasteiger partial charge in [-0.2, -0.15) is 10.1 Å². The van der Waals surface area contributed by atoms with Crippen molar-refractivity contribution in [3.8, 4) is 5.69 Å². The van der Waals surface area contributed by atoms with Crippen LogP contribution in [0.1, 0.15) is 0 Å². The number of pyridine rings is 1. The molecule has 0 spiro atoms. The van der Waals surface area contributed by atoms with Crippen molar-refractivity contribution in [1.29, 1.82) is 0 Å². The number of para-hydroxylation sites is 2. The number of H-pyrrole nitrogens is 1. The first kappa shape index (κ1) is 16.9. The van der Waals surface area contributed by atoms with Gasteiger partial charge >= 0.3 is 0 Å². The summed E-state index contributed by atoms with van der Waals surface area (Å²) < 4.78 is 1.60. The molecule has 0 aliphatic carbocycles. The fourth-order valence-corrected chi connectivity index (χ4v) is 3.27. The zero-order chi connectivity index (χ0) is 19.6. The minimum Gasteiger partial charge on any atom is -0.284 e. The molecule has 29 heavy (non-hydrogen) atoms. The Morgan fingerprint density at radius 2 is 1.59 bits per heavy atom. The van der Waals surface area contributed by atoms with Crippen LogP contribution in [0, 0.1) is 0 Å². The molecular formula is C22H16N6O. The Kier molecular flexibility index (Phi) is 4.10. The third-order valence-electron chi connectivity index (χ3n) is 4.59. The fourth-order valence-electron chi connectivity index (χ4n) is 3.27. The Hall–Kier alpha value is -4.26. The van der Waals surface area contributed by atoms with Crippen molar-refractivity contribution in [2.45, 2.75) is 0 Å². The molecule has 5 aromatic rings. The average molecular weight is 380 g/mol. The van der Waals surface area contributed by atoms with Gasteiger partial charge in [0.2, 0.25) is 5.95 Å². The monoisotopic (exact) mass is 380 g/mol. The van der Waals surface area contributed by atoms with Gasteiger partial charge in [0, 0.05) is 29.5 Å². The van der Waals surface area contributed by atoms with Gasteiger partial charge in [0.05, 0.1) is 17.6 Å². The highest BCUT2D eigenvalue weighted by Crippen LogP contribution is 2.31. The summed E-state index contributed by atoms with van der Waals surface area (Å²) in [6.07, 6.45) is 5.21. The van der Waals surface area contributed by atoms with Gasteiger partial charge in [-0.05, 0) is 30.3 Å². The van der Waals surface area contributed by atoms with Crippen LogP contribution < -0.4 is 10.5 Å². The van der Waals surface area contributed by atoms with Gasteiger partial charge in [0.15, 0.2) is 5.65 Å². The standard InChI is InChI=1S/C22H16N6O/c29-20-12-11-16-13-23-22(26-21(16)28(20)18-9-5-2-6-10-18)27(19-14-24-25-15-19)17-7-3-1-4-8-17/h1-15H,(H,24,25). The maximum Gasteiger partial charge on any atom is 0.256 e. The number of anilines is 3. The molecule has 7 nitrogen and oxygen atoms in total. The smallest absolute Gasteiger partial charge is 0.256 e. The van der Waals surface area contributed by atoms with Crippen molar-refractivity contribution in [2.75, 3.05) is 4.90 Å². The first-order valence-electron chi connectivity index (χ1n) is 9.09. The molecule has 0 amide bonds. The third kappa shape index (κ3) is 3.04. The molecule has 7 heteroatoms. The van der Waals surface area contributed by atoms with Crippen LogP contribution in [0.3, 0.4) is 0 Å². The Morgan fingerprint density at radius 1 is 0.828 bits per heavy atom. The number of rotatable bonds is 4. The number of nitrogens with zero attached hydrogens (tertiary/aromatic N) is 5. The predicted molar refractivity (Wildman–Crippen MR) is 112 cm³/mol. The first-order valence-corrected chi connectivity index (χ1v) is 9.09. The quantitative estimate of drug-likeness (QED) is 0.510. The first-order chi connectivity index (χ1) is 14.3. The lowest BCUT2D eigenvalue weighted by molar-refractivity contribution is 0.993. The third-order valence-corrected chi connectivity index (χ3v) is 4.59. The lowest BCUT2D eigenvalue weighted by atomic mass is 10.2. The van der Waals surface area contributed by atoms with Crippen LogP contribution in [-0.2, 0) is 0 Å². The second kappa shape index (κ2) is 7.05. The van der Waals surface area contributed by atoms with Crippen molar-refractivity contribution in [1.82, 2.24) is 24.7 Å². The molecule has 0 aliphatic heterocycles. The molecule has 1 N–H and O–H groups in total. The normalized spacial score (nSPS) is 10.9. The zero-order valence-corrected chi connectivity index (χ0v) is 15.3. The topological polar surface area (TPSA) is 79.7 Å². The summed E-state index contributed by atoms with van der Waals surface area (Å²) in [4.78, 5) is 23.9. The van der Waals surface area contributed by atoms with Crippen LogP contribution >= 0.6 is 0 Å². The largest absolute Gasteiger partial charge is 0.284 e. The lowest BCUT2D eigenvalue weighted by Gasteiger charge is -2.21. The summed E-state index contributed by atoms with van der Waals surface area (Å²) in [6, 6.07) is 22.5. The number of hydrogen-bond acceptors (Lipinski definition) is 5. The van der Waals surface area contributed by atoms with Crippen molar-refractivity contribution in [3.63, 3.8) is 0 Å². The number of aromatic nitrogens is 5. The molecule has 2 aromatic carbocycles. The molecule has 0 fully saturated rings. The molecule has 0 unspecified atom stereocenters. The van der Waals surface area contributed by atoms with E-state index in [0.29, 0.717) is 11.6 Å². The van der Waals surface area contributed by atoms with Gasteiger partial charge in [-0.3, -0.25) is 19.4 Å². The van der Waals surface area contributed by atoms with Crippen LogP contribution in [-0.4, -0.2) is 24.7 Å². The van der Waals surface area contributed by atoms with Gasteiger partial charge < -0.3 is 0 Å². The van der Waals surface area contributed by atoms with E-state index in [1.165, 1.54) is 6.07 Å². The molecule has 5 rings (SSSR count). The second-order valence-corrected chi connectivity index (χ2v) is 6.42. The number of benzene rings is 2. The summed E-state index contributed by atoms with van der Waals surface area (Å²) in [6.45, 7) is 0. The average Bonchev–Trinajstić information content (AvgIpc) is 3.29. The Bertz CT molecular complexity index is 1310. The highest BCUT2D eigenvalue weighted by molar-refractivity contribution is 5.80. The van der Waals surface area contributed by atoms with E-state index in [1.807, 2.05) is 65.6 Å². The maximum absolute atomic E-state index is 12.7. The van der Waals surface area contributed by atoms with Gasteiger partial charge in [-0.15, -0.1) is 0 Å². The molecule has 0 radical (unpaired) electrons. The van der Waals surface area contributed by atoms with Crippen LogP contribution in [0.4, 0.5) is 17.3 Å². The summed E-state index contributed by atoms with van der Waals surface area (Å²) >= 11 is 0. The number of fused-ring (bicyclic) bond motifs is 1. The van der Waals surface area contributed by atoms with E-state index in [-0.39, 0.29) is 5.56 Å². The number of aromatic amines is 1. The number of hydrogen-bond donors (Lipinski definition) is 1. The zero-order valence-electron chi connectivity index (χ0n) is 15.3. The van der Waals surface area contributed by atoms with E-state index in [4.69, 9.17) is 4.98 Å². The van der Waals surface area contributed by atoms with Crippen LogP contribution in [0.25, 0.3) is 16.7 Å². The van der Waals surface area contributed by atoms with Crippen LogP contribution in [0.5, 0.6) is 0 Å². The summed E-state index contributed by atoms with van der Waals surface area (Å²) in [5.74, 6) is 0.445. The Balaban J connectivity index is 1.76. The van der Waals surface area contributed by atoms with E-state index in [0.717, 1.165) is 22.4 Å². The maximum atomic E-state index is 12.7. The molecule has 0 atom stereocenters. The molecule has 3 aromatic heterocycles. The lowest BCUT2D eigenvalue weighted by Crippen LogP contribution is -2.20. The molecule has 140 valence electrons. The molecule has 0 bridgehead atoms. The summed E-state index contributed by atoms with van der Waals surface area (Å²) in [5, 5.41) is 7.66. The second-order valence-electron chi connectivity index (χ2n) is 6.42. The Morgan fingerprint density at radius 3 is 2.31 bits per heavy atom. The predicted octanol–water partition coefficient (Wildman–Crippen LogP) is 3.97. The Labute approximate surface area is 165 Å². The van der Waals surface area contributed by atoms with Crippen molar-refractivity contribution >= 4 is 28.4 Å². The van der Waals surface area contributed by atoms with E-state index < -0.39 is 0 Å². The van der Waals surface area contributed by atoms with Crippen molar-refractivity contribution < 1.29 is 0 Å². The number of nitrogens with one attached hydrogen (secondary N) is 1. The molecule has 0 saturated carbocycles. The van der Waals surface area contributed by atoms with Crippen molar-refractivity contribution in [3.05, 3.63) is 102 Å². The molecule has 3 heterocycles. The fraction of sp³-hybridized carbons (Fsp3) is 0. The van der Waals surface area contributed by atoms with E-state index >= 15 is 0 Å². The van der Waals surface area contributed by atoms with Gasteiger partial charge in [-0.1, -0.05) is 36.4 Å². The van der Waals surface area contributed by atoms with Gasteiger partial charge in [-0.25, -0.2) is 4.98 Å². The SMILES string of the molecule is O=c1ccc2cnc(N(c3ccccc3)c3cn[nH]c3)nc2n1-c1ccccc1. The minimum atomic E-state index is -0.150. The highest BCUT2D eigenvalue weighted by Gasteiger charge is 2.17.